The number of amides is 3. The monoisotopic (exact) mass is 483 g/mol. The molecule has 178 valence electrons. The van der Waals surface area contributed by atoms with E-state index in [1.54, 1.807) is 37.4 Å². The highest BCUT2D eigenvalue weighted by Crippen LogP contribution is 2.37. The Morgan fingerprint density at radius 3 is 2.74 bits per heavy atom. The number of nitrogens with zero attached hydrogens (tertiary/aromatic N) is 2. The maximum absolute atomic E-state index is 13.0. The first-order valence-electron chi connectivity index (χ1n) is 10.7. The zero-order valence-electron chi connectivity index (χ0n) is 19.0. The molecular formula is C23H25N5O5S. The van der Waals surface area contributed by atoms with Crippen LogP contribution in [0.25, 0.3) is 10.6 Å². The maximum Gasteiger partial charge on any atom is 0.319 e. The molecular weight excluding hydrogens is 458 g/mol. The molecule has 3 amide bonds. The van der Waals surface area contributed by atoms with Crippen molar-refractivity contribution in [1.29, 1.82) is 0 Å². The van der Waals surface area contributed by atoms with E-state index in [2.05, 4.69) is 26.1 Å². The van der Waals surface area contributed by atoms with Gasteiger partial charge in [-0.3, -0.25) is 10.1 Å². The molecule has 0 saturated heterocycles. The van der Waals surface area contributed by atoms with Gasteiger partial charge in [0.05, 0.1) is 7.11 Å². The minimum absolute atomic E-state index is 0.114. The first kappa shape index (κ1) is 23.3. The molecule has 0 fully saturated rings. The number of carbonyl (C=O) groups excluding carboxylic acids is 2. The summed E-state index contributed by atoms with van der Waals surface area (Å²) < 4.78 is 15.9. The van der Waals surface area contributed by atoms with E-state index in [1.807, 2.05) is 26.0 Å². The summed E-state index contributed by atoms with van der Waals surface area (Å²) in [5, 5.41) is 17.5. The molecule has 2 heterocycles. The van der Waals surface area contributed by atoms with Gasteiger partial charge in [0.2, 0.25) is 17.8 Å². The number of hydrogen-bond acceptors (Lipinski definition) is 8. The Balaban J connectivity index is 1.42. The lowest BCUT2D eigenvalue weighted by molar-refractivity contribution is -0.119. The largest absolute Gasteiger partial charge is 0.497 e. The second kappa shape index (κ2) is 10.4. The van der Waals surface area contributed by atoms with Crippen LogP contribution >= 0.6 is 11.3 Å². The molecule has 1 aliphatic rings. The molecule has 0 spiro atoms. The van der Waals surface area contributed by atoms with Gasteiger partial charge in [0, 0.05) is 17.3 Å². The normalized spacial score (nSPS) is 13.6. The predicted molar refractivity (Wildman–Crippen MR) is 128 cm³/mol. The minimum Gasteiger partial charge on any atom is -0.497 e. The van der Waals surface area contributed by atoms with E-state index in [0.29, 0.717) is 39.5 Å². The average molecular weight is 484 g/mol. The van der Waals surface area contributed by atoms with Gasteiger partial charge in [-0.25, -0.2) is 4.79 Å². The van der Waals surface area contributed by atoms with Crippen molar-refractivity contribution in [2.75, 3.05) is 24.5 Å². The third-order valence-electron chi connectivity index (χ3n) is 5.38. The number of nitrogens with one attached hydrogen (secondary N) is 3. The maximum atomic E-state index is 13.0. The van der Waals surface area contributed by atoms with Gasteiger partial charge >= 0.3 is 6.03 Å². The predicted octanol–water partition coefficient (Wildman–Crippen LogP) is 4.12. The van der Waals surface area contributed by atoms with Gasteiger partial charge in [-0.05, 0) is 36.2 Å². The van der Waals surface area contributed by atoms with Gasteiger partial charge in [0.1, 0.15) is 16.8 Å². The molecule has 10 nitrogen and oxygen atoms in total. The van der Waals surface area contributed by atoms with Gasteiger partial charge in [0.25, 0.3) is 0 Å². The Kier molecular flexibility index (Phi) is 7.12. The first-order valence-corrected chi connectivity index (χ1v) is 11.5. The summed E-state index contributed by atoms with van der Waals surface area (Å²) >= 11 is 1.23. The third kappa shape index (κ3) is 5.37. The van der Waals surface area contributed by atoms with E-state index in [1.165, 1.54) is 11.3 Å². The van der Waals surface area contributed by atoms with Crippen LogP contribution in [0, 0.1) is 5.92 Å². The van der Waals surface area contributed by atoms with Gasteiger partial charge in [0.15, 0.2) is 11.5 Å². The lowest BCUT2D eigenvalue weighted by atomic mass is 9.98. The number of hydrogen-bond donors (Lipinski definition) is 3. The fourth-order valence-corrected chi connectivity index (χ4v) is 4.06. The zero-order chi connectivity index (χ0) is 24.1. The van der Waals surface area contributed by atoms with E-state index in [0.717, 1.165) is 5.56 Å². The highest BCUT2D eigenvalue weighted by atomic mass is 32.1. The van der Waals surface area contributed by atoms with Crippen LogP contribution in [0.1, 0.15) is 20.3 Å². The summed E-state index contributed by atoms with van der Waals surface area (Å²) in [6, 6.07) is 11.2. The van der Waals surface area contributed by atoms with Crippen molar-refractivity contribution in [3.8, 4) is 27.8 Å². The summed E-state index contributed by atoms with van der Waals surface area (Å²) in [5.74, 6) is 1.45. The SMILES string of the molecule is CC[C@@H](C)[C@@H](NC(=O)Nc1cccc(OC)c1)C(=O)Nc1nnc(-c2ccc3c(c2)OCO3)s1. The van der Waals surface area contributed by atoms with Crippen LogP contribution in [-0.2, 0) is 4.79 Å². The highest BCUT2D eigenvalue weighted by molar-refractivity contribution is 7.18. The molecule has 11 heteroatoms. The molecule has 0 radical (unpaired) electrons. The Hall–Kier alpha value is -3.86. The second-order valence-corrected chi connectivity index (χ2v) is 8.64. The molecule has 0 saturated carbocycles. The van der Waals surface area contributed by atoms with Crippen molar-refractivity contribution in [3.05, 3.63) is 42.5 Å². The number of urea groups is 1. The molecule has 1 aliphatic heterocycles. The van der Waals surface area contributed by atoms with Crippen molar-refractivity contribution < 1.29 is 23.8 Å². The quantitative estimate of drug-likeness (QED) is 0.440. The topological polar surface area (TPSA) is 124 Å². The number of ether oxygens (including phenoxy) is 3. The molecule has 2 atom stereocenters. The van der Waals surface area contributed by atoms with Crippen molar-refractivity contribution >= 4 is 34.1 Å². The molecule has 3 N–H and O–H groups in total. The Labute approximate surface area is 200 Å². The summed E-state index contributed by atoms with van der Waals surface area (Å²) in [5.41, 5.74) is 1.36. The van der Waals surface area contributed by atoms with Gasteiger partial charge in [-0.2, -0.15) is 0 Å². The number of anilines is 2. The molecule has 34 heavy (non-hydrogen) atoms. The number of methoxy groups -OCH3 is 1. The van der Waals surface area contributed by atoms with E-state index in [4.69, 9.17) is 14.2 Å². The average Bonchev–Trinajstić information content (AvgIpc) is 3.51. The van der Waals surface area contributed by atoms with Crippen LogP contribution < -0.4 is 30.2 Å². The highest BCUT2D eigenvalue weighted by Gasteiger charge is 2.27. The number of fused-ring (bicyclic) bond motifs is 1. The third-order valence-corrected chi connectivity index (χ3v) is 6.27. The van der Waals surface area contributed by atoms with Crippen molar-refractivity contribution in [1.82, 2.24) is 15.5 Å². The summed E-state index contributed by atoms with van der Waals surface area (Å²) in [7, 11) is 1.55. The molecule has 1 aromatic heterocycles. The van der Waals surface area contributed by atoms with Gasteiger partial charge in [-0.15, -0.1) is 10.2 Å². The minimum atomic E-state index is -0.770. The van der Waals surface area contributed by atoms with E-state index < -0.39 is 12.1 Å². The van der Waals surface area contributed by atoms with Crippen LogP contribution in [0.2, 0.25) is 0 Å². The van der Waals surface area contributed by atoms with Crippen LogP contribution in [0.3, 0.4) is 0 Å². The fourth-order valence-electron chi connectivity index (χ4n) is 3.31. The molecule has 2 aromatic carbocycles. The molecule has 0 bridgehead atoms. The number of rotatable bonds is 8. The molecule has 0 unspecified atom stereocenters. The summed E-state index contributed by atoms with van der Waals surface area (Å²) in [6.45, 7) is 4.04. The van der Waals surface area contributed by atoms with Gasteiger partial charge < -0.3 is 24.8 Å². The van der Waals surface area contributed by atoms with Gasteiger partial charge in [-0.1, -0.05) is 37.7 Å². The van der Waals surface area contributed by atoms with Crippen LogP contribution in [0.15, 0.2) is 42.5 Å². The number of benzene rings is 2. The fraction of sp³-hybridized carbons (Fsp3) is 0.304. The van der Waals surface area contributed by atoms with Crippen molar-refractivity contribution in [2.45, 2.75) is 26.3 Å². The van der Waals surface area contributed by atoms with E-state index >= 15 is 0 Å². The van der Waals surface area contributed by atoms with E-state index in [-0.39, 0.29) is 18.6 Å². The molecule has 3 aromatic rings. The van der Waals surface area contributed by atoms with E-state index in [9.17, 15) is 9.59 Å². The Morgan fingerprint density at radius 2 is 1.94 bits per heavy atom. The van der Waals surface area contributed by atoms with Crippen LogP contribution in [0.5, 0.6) is 17.2 Å². The summed E-state index contributed by atoms with van der Waals surface area (Å²) in [4.78, 5) is 25.6. The lowest BCUT2D eigenvalue weighted by Crippen LogP contribution is -2.49. The van der Waals surface area contributed by atoms with Crippen LogP contribution in [-0.4, -0.2) is 42.1 Å². The van der Waals surface area contributed by atoms with Crippen LogP contribution in [0.4, 0.5) is 15.6 Å². The molecule has 4 rings (SSSR count). The van der Waals surface area contributed by atoms with Crippen molar-refractivity contribution in [3.63, 3.8) is 0 Å². The lowest BCUT2D eigenvalue weighted by Gasteiger charge is -2.23. The number of aromatic nitrogens is 2. The molecule has 0 aliphatic carbocycles. The Bertz CT molecular complexity index is 1180. The standard InChI is InChI=1S/C23H25N5O5S/c1-4-13(2)19(25-22(30)24-15-6-5-7-16(11-15)31-3)20(29)26-23-28-27-21(34-23)14-8-9-17-18(10-14)33-12-32-17/h5-11,13,19H,4,12H2,1-3H3,(H2,24,25,30)(H,26,28,29)/t13-,19-/m1/s1. The number of carbonyl (C=O) groups is 2. The summed E-state index contributed by atoms with van der Waals surface area (Å²) in [6.07, 6.45) is 0.691. The zero-order valence-corrected chi connectivity index (χ0v) is 19.8. The second-order valence-electron chi connectivity index (χ2n) is 7.66. The Morgan fingerprint density at radius 1 is 1.12 bits per heavy atom. The first-order chi connectivity index (χ1) is 16.5. The smallest absolute Gasteiger partial charge is 0.319 e. The van der Waals surface area contributed by atoms with Crippen molar-refractivity contribution in [2.24, 2.45) is 5.92 Å².